The molecule has 1 fully saturated rings. The molecule has 10 heteroatoms. The molecule has 0 bridgehead atoms. The number of pyridine rings is 1. The molecule has 1 aliphatic rings. The van der Waals surface area contributed by atoms with E-state index in [0.717, 1.165) is 66.1 Å². The average Bonchev–Trinajstić information content (AvgIpc) is 3.59. The molecule has 0 saturated carbocycles. The number of anilines is 3. The van der Waals surface area contributed by atoms with E-state index < -0.39 is 0 Å². The molecule has 0 unspecified atom stereocenters. The SMILES string of the molecule is Cc1ccc(NC(=O)c2ccc(CN3CCN(C)CC3)cc2)cc1Nc1nc(-c2nnc3ccccn23)cs1. The molecule has 1 amide bonds. The molecule has 0 spiro atoms. The summed E-state index contributed by atoms with van der Waals surface area (Å²) < 4.78 is 1.92. The zero-order valence-corrected chi connectivity index (χ0v) is 22.8. The summed E-state index contributed by atoms with van der Waals surface area (Å²) in [6.07, 6.45) is 1.93. The van der Waals surface area contributed by atoms with Crippen molar-refractivity contribution in [2.75, 3.05) is 43.9 Å². The van der Waals surface area contributed by atoms with Gasteiger partial charge in [-0.25, -0.2) is 4.98 Å². The minimum Gasteiger partial charge on any atom is -0.331 e. The van der Waals surface area contributed by atoms with Crippen LogP contribution in [0.15, 0.2) is 72.2 Å². The first-order valence-corrected chi connectivity index (χ1v) is 13.8. The second-order valence-corrected chi connectivity index (χ2v) is 10.7. The van der Waals surface area contributed by atoms with Crippen molar-refractivity contribution in [1.82, 2.24) is 29.4 Å². The molecule has 0 radical (unpaired) electrons. The summed E-state index contributed by atoms with van der Waals surface area (Å²) in [5.74, 6) is 0.563. The van der Waals surface area contributed by atoms with Crippen molar-refractivity contribution >= 4 is 39.4 Å². The van der Waals surface area contributed by atoms with Crippen molar-refractivity contribution in [3.8, 4) is 11.5 Å². The molecule has 2 N–H and O–H groups in total. The van der Waals surface area contributed by atoms with Gasteiger partial charge in [-0.05, 0) is 61.5 Å². The zero-order valence-electron chi connectivity index (χ0n) is 22.0. The molecule has 3 aromatic heterocycles. The maximum Gasteiger partial charge on any atom is 0.255 e. The van der Waals surface area contributed by atoms with E-state index in [4.69, 9.17) is 4.98 Å². The van der Waals surface area contributed by atoms with Crippen molar-refractivity contribution in [2.24, 2.45) is 0 Å². The Kier molecular flexibility index (Phi) is 7.06. The minimum absolute atomic E-state index is 0.133. The number of likely N-dealkylation sites (N-methyl/N-ethyl adjacent to an activating group) is 1. The van der Waals surface area contributed by atoms with Crippen molar-refractivity contribution < 1.29 is 4.79 Å². The van der Waals surface area contributed by atoms with Crippen LogP contribution in [0.5, 0.6) is 0 Å². The molecule has 0 aliphatic carbocycles. The lowest BCUT2D eigenvalue weighted by Crippen LogP contribution is -2.43. The highest BCUT2D eigenvalue weighted by Crippen LogP contribution is 2.29. The smallest absolute Gasteiger partial charge is 0.255 e. The van der Waals surface area contributed by atoms with Crippen LogP contribution in [0.1, 0.15) is 21.5 Å². The number of hydrogen-bond acceptors (Lipinski definition) is 8. The number of carbonyl (C=O) groups is 1. The van der Waals surface area contributed by atoms with Crippen LogP contribution < -0.4 is 10.6 Å². The number of hydrogen-bond donors (Lipinski definition) is 2. The highest BCUT2D eigenvalue weighted by Gasteiger charge is 2.15. The summed E-state index contributed by atoms with van der Waals surface area (Å²) in [6, 6.07) is 19.5. The summed E-state index contributed by atoms with van der Waals surface area (Å²) in [5.41, 5.74) is 6.03. The number of nitrogens with one attached hydrogen (secondary N) is 2. The molecule has 1 aliphatic heterocycles. The normalized spacial score (nSPS) is 14.5. The predicted octanol–water partition coefficient (Wildman–Crippen LogP) is 4.90. The topological polar surface area (TPSA) is 90.7 Å². The van der Waals surface area contributed by atoms with Gasteiger partial charge in [-0.3, -0.25) is 14.1 Å². The van der Waals surface area contributed by atoms with Crippen molar-refractivity contribution in [1.29, 1.82) is 0 Å². The highest BCUT2D eigenvalue weighted by atomic mass is 32.1. The molecular formula is C29H30N8OS. The van der Waals surface area contributed by atoms with E-state index in [1.165, 1.54) is 16.9 Å². The Morgan fingerprint density at radius 2 is 1.82 bits per heavy atom. The van der Waals surface area contributed by atoms with Crippen LogP contribution in [0.4, 0.5) is 16.5 Å². The van der Waals surface area contributed by atoms with Crippen molar-refractivity contribution in [3.05, 3.63) is 88.9 Å². The lowest BCUT2D eigenvalue weighted by Gasteiger charge is -2.32. The van der Waals surface area contributed by atoms with Crippen LogP contribution in [0, 0.1) is 6.92 Å². The van der Waals surface area contributed by atoms with Crippen LogP contribution in [0.2, 0.25) is 0 Å². The van der Waals surface area contributed by atoms with Crippen molar-refractivity contribution in [3.63, 3.8) is 0 Å². The fourth-order valence-electron chi connectivity index (χ4n) is 4.63. The number of rotatable bonds is 7. The van der Waals surface area contributed by atoms with Gasteiger partial charge in [0.1, 0.15) is 5.69 Å². The number of thiazole rings is 1. The fourth-order valence-corrected chi connectivity index (χ4v) is 5.33. The van der Waals surface area contributed by atoms with Gasteiger partial charge < -0.3 is 15.5 Å². The number of amides is 1. The Labute approximate surface area is 231 Å². The summed E-state index contributed by atoms with van der Waals surface area (Å²) in [6.45, 7) is 7.26. The van der Waals surface area contributed by atoms with Gasteiger partial charge in [0.05, 0.1) is 0 Å². The number of benzene rings is 2. The Morgan fingerprint density at radius 1 is 1.00 bits per heavy atom. The molecule has 39 heavy (non-hydrogen) atoms. The molecule has 5 aromatic rings. The number of nitrogens with zero attached hydrogens (tertiary/aromatic N) is 6. The number of carbonyl (C=O) groups excluding carboxylic acids is 1. The first kappa shape index (κ1) is 25.2. The first-order chi connectivity index (χ1) is 19.0. The molecule has 0 atom stereocenters. The molecular weight excluding hydrogens is 508 g/mol. The van der Waals surface area contributed by atoms with E-state index in [1.54, 1.807) is 0 Å². The lowest BCUT2D eigenvalue weighted by atomic mass is 10.1. The van der Waals surface area contributed by atoms with Gasteiger partial charge in [0, 0.05) is 61.2 Å². The molecule has 4 heterocycles. The van der Waals surface area contributed by atoms with Crippen LogP contribution >= 0.6 is 11.3 Å². The zero-order chi connectivity index (χ0) is 26.8. The number of piperazine rings is 1. The van der Waals surface area contributed by atoms with E-state index in [0.29, 0.717) is 11.4 Å². The molecule has 2 aromatic carbocycles. The summed E-state index contributed by atoms with van der Waals surface area (Å²) in [4.78, 5) is 22.5. The Balaban J connectivity index is 1.11. The standard InChI is InChI=1S/C29H30N8OS/c1-20-6-11-23(30-28(38)22-9-7-21(8-10-22)18-36-15-13-35(2)14-16-36)17-24(20)31-29-32-25(19-39-29)27-34-33-26-5-3-4-12-37(26)27/h3-12,17,19H,13-16,18H2,1-2H3,(H,30,38)(H,31,32). The van der Waals surface area contributed by atoms with E-state index in [-0.39, 0.29) is 5.91 Å². The minimum atomic E-state index is -0.133. The number of fused-ring (bicyclic) bond motifs is 1. The van der Waals surface area contributed by atoms with E-state index in [2.05, 4.69) is 37.7 Å². The van der Waals surface area contributed by atoms with Crippen LogP contribution in [0.25, 0.3) is 17.2 Å². The predicted molar refractivity (Wildman–Crippen MR) is 156 cm³/mol. The molecule has 9 nitrogen and oxygen atoms in total. The first-order valence-electron chi connectivity index (χ1n) is 13.0. The summed E-state index contributed by atoms with van der Waals surface area (Å²) in [5, 5.41) is 17.6. The fraction of sp³-hybridized carbons (Fsp3) is 0.241. The number of aryl methyl sites for hydroxylation is 1. The highest BCUT2D eigenvalue weighted by molar-refractivity contribution is 7.14. The van der Waals surface area contributed by atoms with Gasteiger partial charge in [-0.1, -0.05) is 24.3 Å². The monoisotopic (exact) mass is 538 g/mol. The third kappa shape index (κ3) is 5.68. The lowest BCUT2D eigenvalue weighted by molar-refractivity contribution is 0.102. The summed E-state index contributed by atoms with van der Waals surface area (Å²) >= 11 is 1.49. The third-order valence-corrected chi connectivity index (χ3v) is 7.76. The summed E-state index contributed by atoms with van der Waals surface area (Å²) in [7, 11) is 2.16. The van der Waals surface area contributed by atoms with Gasteiger partial charge in [-0.15, -0.1) is 21.5 Å². The Hall–Kier alpha value is -4.12. The third-order valence-electron chi connectivity index (χ3n) is 7.00. The quantitative estimate of drug-likeness (QED) is 0.304. The van der Waals surface area contributed by atoms with Crippen molar-refractivity contribution in [2.45, 2.75) is 13.5 Å². The Morgan fingerprint density at radius 3 is 2.64 bits per heavy atom. The maximum absolute atomic E-state index is 13.0. The Bertz CT molecular complexity index is 1600. The maximum atomic E-state index is 13.0. The van der Waals surface area contributed by atoms with E-state index in [1.807, 2.05) is 83.6 Å². The molecule has 198 valence electrons. The largest absolute Gasteiger partial charge is 0.331 e. The second kappa shape index (κ2) is 10.9. The van der Waals surface area contributed by atoms with Gasteiger partial charge in [0.15, 0.2) is 16.6 Å². The van der Waals surface area contributed by atoms with Crippen LogP contribution in [0.3, 0.4) is 0 Å². The van der Waals surface area contributed by atoms with Crippen LogP contribution in [-0.4, -0.2) is 68.5 Å². The van der Waals surface area contributed by atoms with Gasteiger partial charge in [0.25, 0.3) is 5.91 Å². The second-order valence-electron chi connectivity index (χ2n) is 9.88. The van der Waals surface area contributed by atoms with Gasteiger partial charge in [0.2, 0.25) is 0 Å². The van der Waals surface area contributed by atoms with Gasteiger partial charge in [-0.2, -0.15) is 0 Å². The molecule has 6 rings (SSSR count). The van der Waals surface area contributed by atoms with E-state index >= 15 is 0 Å². The van der Waals surface area contributed by atoms with Gasteiger partial charge >= 0.3 is 0 Å². The van der Waals surface area contributed by atoms with E-state index in [9.17, 15) is 4.79 Å². The molecule has 1 saturated heterocycles. The average molecular weight is 539 g/mol. The van der Waals surface area contributed by atoms with Crippen LogP contribution in [-0.2, 0) is 6.54 Å². The number of aromatic nitrogens is 4.